The number of carbonyl (C=O) groups is 6. The van der Waals surface area contributed by atoms with Gasteiger partial charge in [0.05, 0.1) is 40.5 Å². The van der Waals surface area contributed by atoms with E-state index in [4.69, 9.17) is 43.0 Å². The summed E-state index contributed by atoms with van der Waals surface area (Å²) >= 11 is 3.20. The van der Waals surface area contributed by atoms with Crippen LogP contribution in [0.5, 0.6) is 17.2 Å². The smallest absolute Gasteiger partial charge is 0.488 e. The molecule has 0 fully saturated rings. The molecule has 0 spiro atoms. The summed E-state index contributed by atoms with van der Waals surface area (Å²) in [5.41, 5.74) is -1.36. The molecular formula is C65H63BBrN3O23. The maximum absolute atomic E-state index is 12.5. The molecule has 0 aliphatic heterocycles. The number of rotatable bonds is 15. The largest absolute Gasteiger partial charge is 0.506 e. The fourth-order valence-electron chi connectivity index (χ4n) is 8.65. The van der Waals surface area contributed by atoms with Crippen LogP contribution in [0.3, 0.4) is 0 Å². The summed E-state index contributed by atoms with van der Waals surface area (Å²) in [4.78, 5) is 107. The van der Waals surface area contributed by atoms with Gasteiger partial charge in [-0.1, -0.05) is 91.0 Å². The molecule has 0 aliphatic rings. The number of aromatic hydroxyl groups is 3. The number of nitrogens with one attached hydrogen (secondary N) is 3. The van der Waals surface area contributed by atoms with Gasteiger partial charge >= 0.3 is 41.9 Å². The number of aliphatic hydroxyl groups is 3. The van der Waals surface area contributed by atoms with Gasteiger partial charge in [0.2, 0.25) is 0 Å². The minimum absolute atomic E-state index is 0.0740. The van der Waals surface area contributed by atoms with E-state index in [-0.39, 0.29) is 52.7 Å². The van der Waals surface area contributed by atoms with Gasteiger partial charge in [-0.05, 0) is 127 Å². The van der Waals surface area contributed by atoms with E-state index in [2.05, 4.69) is 26.6 Å². The first-order valence-electron chi connectivity index (χ1n) is 27.8. The first kappa shape index (κ1) is 71.6. The molecule has 0 bridgehead atoms. The molecule has 9 rings (SSSR count). The number of carboxylic acids is 1. The van der Waals surface area contributed by atoms with Crippen molar-refractivity contribution in [2.75, 3.05) is 19.6 Å². The summed E-state index contributed by atoms with van der Waals surface area (Å²) < 4.78 is 26.3. The van der Waals surface area contributed by atoms with E-state index in [1.54, 1.807) is 151 Å². The summed E-state index contributed by atoms with van der Waals surface area (Å²) in [6.07, 6.45) is 0. The number of fused-ring (bicyclic) bond motifs is 3. The van der Waals surface area contributed by atoms with Crippen molar-refractivity contribution in [2.45, 2.75) is 72.6 Å². The summed E-state index contributed by atoms with van der Waals surface area (Å²) in [6.45, 7) is 8.10. The van der Waals surface area contributed by atoms with E-state index in [9.17, 15) is 68.7 Å². The average Bonchev–Trinajstić information content (AvgIpc) is 0.785. The molecule has 0 saturated carbocycles. The van der Waals surface area contributed by atoms with Crippen molar-refractivity contribution in [2.24, 2.45) is 0 Å². The lowest BCUT2D eigenvalue weighted by Crippen LogP contribution is -2.36. The summed E-state index contributed by atoms with van der Waals surface area (Å²) in [5.74, 6) is -7.21. The van der Waals surface area contributed by atoms with E-state index in [0.717, 1.165) is 0 Å². The summed E-state index contributed by atoms with van der Waals surface area (Å²) in [5, 5.41) is 91.7. The van der Waals surface area contributed by atoms with E-state index in [1.807, 2.05) is 5.32 Å². The number of aliphatic carboxylic acids is 1. The highest BCUT2D eigenvalue weighted by molar-refractivity contribution is 9.10. The van der Waals surface area contributed by atoms with Gasteiger partial charge in [-0.2, -0.15) is 0 Å². The lowest BCUT2D eigenvalue weighted by Gasteiger charge is -2.19. The molecule has 3 amide bonds. The maximum Gasteiger partial charge on any atom is 0.488 e. The highest BCUT2D eigenvalue weighted by Gasteiger charge is 2.27. The first-order valence-corrected chi connectivity index (χ1v) is 28.6. The SMILES string of the molecule is CC(C)(C)OC(=O)CNC(=O)c1c(O)c2cccc(-c3cccc(CO)c3)c2oc1=O.CC(C)(C)OC(=O)CNC(=O)c1c(O)c2cccc(Br)c2oc1=O.O=C(O)CNC(=O)c1c(O)c2cccc(-c3cccc(CO)c3)c2oc1=O.OCc1cccc(B(O)O)c1. The molecule has 6 aromatic carbocycles. The van der Waals surface area contributed by atoms with Crippen LogP contribution in [0.15, 0.2) is 160 Å². The number of aliphatic hydroxyl groups excluding tert-OH is 3. The van der Waals surface area contributed by atoms with E-state index >= 15 is 0 Å². The second-order valence-corrected chi connectivity index (χ2v) is 22.8. The molecule has 9 aromatic rings. The third kappa shape index (κ3) is 19.0. The summed E-state index contributed by atoms with van der Waals surface area (Å²) in [7, 11) is -1.46. The molecule has 0 radical (unpaired) electrons. The Morgan fingerprint density at radius 2 is 0.806 bits per heavy atom. The third-order valence-corrected chi connectivity index (χ3v) is 13.3. The number of carboxylic acid groups (broad SMARTS) is 1. The highest BCUT2D eigenvalue weighted by atomic mass is 79.9. The number of carbonyl (C=O) groups excluding carboxylic acids is 5. The van der Waals surface area contributed by atoms with Crippen molar-refractivity contribution in [3.05, 3.63) is 197 Å². The average molecular weight is 1340 g/mol. The normalized spacial score (nSPS) is 11.0. The molecule has 0 aliphatic carbocycles. The van der Waals surface area contributed by atoms with Gasteiger partial charge in [0.25, 0.3) is 17.7 Å². The van der Waals surface area contributed by atoms with Crippen molar-refractivity contribution >= 4 is 97.0 Å². The molecule has 93 heavy (non-hydrogen) atoms. The molecular weight excluding hydrogens is 1280 g/mol. The van der Waals surface area contributed by atoms with E-state index in [1.165, 1.54) is 18.2 Å². The van der Waals surface area contributed by atoms with Crippen molar-refractivity contribution in [3.8, 4) is 39.5 Å². The Labute approximate surface area is 536 Å². The van der Waals surface area contributed by atoms with Crippen LogP contribution in [0.1, 0.15) is 89.3 Å². The Balaban J connectivity index is 0.000000206. The van der Waals surface area contributed by atoms with Crippen LogP contribution >= 0.6 is 15.9 Å². The minimum atomic E-state index is -1.46. The zero-order valence-corrected chi connectivity index (χ0v) is 52.1. The van der Waals surface area contributed by atoms with Crippen LogP contribution in [0, 0.1) is 0 Å². The van der Waals surface area contributed by atoms with Crippen LogP contribution in [0.2, 0.25) is 0 Å². The predicted octanol–water partition coefficient (Wildman–Crippen LogP) is 5.39. The monoisotopic (exact) mass is 1340 g/mol. The minimum Gasteiger partial charge on any atom is -0.506 e. The number of hydrogen-bond donors (Lipinski definition) is 12. The Bertz CT molecular complexity index is 4470. The van der Waals surface area contributed by atoms with Gasteiger partial charge in [0, 0.05) is 11.1 Å². The predicted molar refractivity (Wildman–Crippen MR) is 341 cm³/mol. The lowest BCUT2D eigenvalue weighted by atomic mass is 9.80. The van der Waals surface area contributed by atoms with E-state index < -0.39 is 124 Å². The van der Waals surface area contributed by atoms with Gasteiger partial charge in [-0.3, -0.25) is 28.8 Å². The first-order chi connectivity index (χ1) is 43.9. The van der Waals surface area contributed by atoms with Gasteiger partial charge in [0.15, 0.2) is 22.3 Å². The molecule has 0 atom stereocenters. The molecule has 12 N–H and O–H groups in total. The number of ether oxygens (including phenoxy) is 2. The van der Waals surface area contributed by atoms with Crippen LogP contribution in [-0.4, -0.2) is 119 Å². The van der Waals surface area contributed by atoms with Gasteiger partial charge in [0.1, 0.15) is 59.3 Å². The van der Waals surface area contributed by atoms with E-state index in [0.29, 0.717) is 48.9 Å². The summed E-state index contributed by atoms with van der Waals surface area (Å²) in [6, 6.07) is 34.8. The number of benzene rings is 6. The number of amides is 3. The molecule has 3 heterocycles. The maximum atomic E-state index is 12.5. The van der Waals surface area contributed by atoms with Crippen LogP contribution in [0.25, 0.3) is 55.2 Å². The standard InChI is InChI=1S/C23H23NO7.C19H15NO7.C16H16BrNO6.C7H9BO3/c1-23(2,3)31-17(26)11-24-21(28)18-19(27)16-9-5-8-15(20(16)30-22(18)29)14-7-4-6-13(10-14)12-25;21-9-10-3-1-4-11(7-10)12-5-2-6-13-16(24)15(19(26)27-17(12)13)18(25)20-8-14(22)23;1-16(2,3)24-10(19)7-18-14(21)11-12(20)8-5-4-6-9(17)13(8)23-15(11)22;9-5-6-2-1-3-7(4-6)8(10)11/h4-10,25,27H,11-12H2,1-3H3,(H,24,28);1-7,21,24H,8-9H2,(H,20,25)(H,22,23);4-6,20H,7H2,1-3H3,(H,18,21);1-4,9-11H,5H2. The van der Waals surface area contributed by atoms with Crippen LogP contribution < -0.4 is 38.3 Å². The Kier molecular flexibility index (Phi) is 24.2. The number of hydrogen-bond acceptors (Lipinski definition) is 22. The highest BCUT2D eigenvalue weighted by Crippen LogP contribution is 2.36. The third-order valence-electron chi connectivity index (χ3n) is 12.7. The van der Waals surface area contributed by atoms with Gasteiger partial charge in [-0.15, -0.1) is 0 Å². The van der Waals surface area contributed by atoms with Crippen molar-refractivity contribution in [3.63, 3.8) is 0 Å². The lowest BCUT2D eigenvalue weighted by molar-refractivity contribution is -0.154. The second-order valence-electron chi connectivity index (χ2n) is 21.9. The topological polar surface area (TPSA) is 430 Å². The fraction of sp³-hybridized carbons (Fsp3) is 0.215. The van der Waals surface area contributed by atoms with Gasteiger partial charge < -0.3 is 84.5 Å². The fourth-order valence-corrected chi connectivity index (χ4v) is 9.10. The quantitative estimate of drug-likeness (QED) is 0.0347. The number of esters is 2. The molecule has 0 unspecified atom stereocenters. The molecule has 3 aromatic heterocycles. The van der Waals surface area contributed by atoms with Gasteiger partial charge in [-0.25, -0.2) is 14.4 Å². The second kappa shape index (κ2) is 31.5. The molecule has 26 nitrogen and oxygen atoms in total. The Morgan fingerprint density at radius 3 is 1.17 bits per heavy atom. The number of para-hydroxylation sites is 3. The molecule has 28 heteroatoms. The molecule has 486 valence electrons. The Morgan fingerprint density at radius 1 is 0.473 bits per heavy atom. The zero-order valence-electron chi connectivity index (χ0n) is 50.6. The van der Waals surface area contributed by atoms with Crippen LogP contribution in [0.4, 0.5) is 0 Å². The number of halogens is 1. The van der Waals surface area contributed by atoms with Crippen molar-refractivity contribution in [1.29, 1.82) is 0 Å². The van der Waals surface area contributed by atoms with Crippen LogP contribution in [-0.2, 0) is 43.7 Å². The zero-order chi connectivity index (χ0) is 68.6. The molecule has 0 saturated heterocycles. The van der Waals surface area contributed by atoms with Crippen molar-refractivity contribution < 1.29 is 97.3 Å². The Hall–Kier alpha value is -10.5. The van der Waals surface area contributed by atoms with Crippen molar-refractivity contribution in [1.82, 2.24) is 16.0 Å².